The molecular weight excluding hydrogens is 296 g/mol. The van der Waals surface area contributed by atoms with Crippen LogP contribution < -0.4 is 5.32 Å². The van der Waals surface area contributed by atoms with Crippen LogP contribution in [0.15, 0.2) is 18.3 Å². The van der Waals surface area contributed by atoms with Crippen molar-refractivity contribution in [3.63, 3.8) is 0 Å². The molecule has 0 saturated carbocycles. The first-order valence-electron chi connectivity index (χ1n) is 8.45. The van der Waals surface area contributed by atoms with Gasteiger partial charge in [0.05, 0.1) is 0 Å². The van der Waals surface area contributed by atoms with Crippen LogP contribution in [0, 0.1) is 6.92 Å². The monoisotopic (exact) mass is 326 g/mol. The molecular formula is C18H31ClN2O. The number of nitrogens with one attached hydrogen (secondary N) is 1. The number of carbonyl (C=O) groups is 1. The van der Waals surface area contributed by atoms with Crippen molar-refractivity contribution in [3.05, 3.63) is 23.9 Å². The Morgan fingerprint density at radius 1 is 1.05 bits per heavy atom. The van der Waals surface area contributed by atoms with E-state index in [0.717, 1.165) is 18.4 Å². The third kappa shape index (κ3) is 10.6. The largest absolute Gasteiger partial charge is 0.311 e. The molecule has 0 aliphatic heterocycles. The number of pyridine rings is 1. The average molecular weight is 327 g/mol. The summed E-state index contributed by atoms with van der Waals surface area (Å²) in [5.74, 6) is 0.743. The Morgan fingerprint density at radius 3 is 2.23 bits per heavy atom. The summed E-state index contributed by atoms with van der Waals surface area (Å²) < 4.78 is 0. The number of aryl methyl sites for hydroxylation is 1. The lowest BCUT2D eigenvalue weighted by molar-refractivity contribution is -0.116. The first-order chi connectivity index (χ1) is 10.2. The number of unbranched alkanes of at least 4 members (excludes halogenated alkanes) is 8. The predicted molar refractivity (Wildman–Crippen MR) is 96.7 cm³/mol. The molecule has 0 unspecified atom stereocenters. The summed E-state index contributed by atoms with van der Waals surface area (Å²) in [4.78, 5) is 15.9. The molecule has 1 rings (SSSR count). The second kappa shape index (κ2) is 13.6. The van der Waals surface area contributed by atoms with Gasteiger partial charge in [0.15, 0.2) is 0 Å². The minimum absolute atomic E-state index is 0. The highest BCUT2D eigenvalue weighted by molar-refractivity contribution is 5.89. The molecule has 0 aromatic carbocycles. The van der Waals surface area contributed by atoms with Gasteiger partial charge in [-0.1, -0.05) is 58.3 Å². The maximum absolute atomic E-state index is 11.8. The second-order valence-corrected chi connectivity index (χ2v) is 5.85. The van der Waals surface area contributed by atoms with Gasteiger partial charge >= 0.3 is 0 Å². The molecule has 1 N–H and O–H groups in total. The normalized spacial score (nSPS) is 10.1. The SMILES string of the molecule is CCCCCCCCCCCC(=O)Nc1cc(C)ccn1.Cl. The Labute approximate surface area is 141 Å². The zero-order valence-electron chi connectivity index (χ0n) is 14.1. The van der Waals surface area contributed by atoms with Crippen LogP contribution in [0.25, 0.3) is 0 Å². The second-order valence-electron chi connectivity index (χ2n) is 5.85. The summed E-state index contributed by atoms with van der Waals surface area (Å²) in [7, 11) is 0. The molecule has 0 fully saturated rings. The fraction of sp³-hybridized carbons (Fsp3) is 0.667. The van der Waals surface area contributed by atoms with Gasteiger partial charge in [0, 0.05) is 12.6 Å². The molecule has 0 saturated heterocycles. The summed E-state index contributed by atoms with van der Waals surface area (Å²) in [6.07, 6.45) is 13.8. The summed E-state index contributed by atoms with van der Waals surface area (Å²) in [5, 5.41) is 2.86. The first-order valence-corrected chi connectivity index (χ1v) is 8.45. The Kier molecular flexibility index (Phi) is 12.9. The summed E-state index contributed by atoms with van der Waals surface area (Å²) in [5.41, 5.74) is 1.11. The molecule has 0 radical (unpaired) electrons. The molecule has 0 aliphatic carbocycles. The van der Waals surface area contributed by atoms with Crippen molar-refractivity contribution >= 4 is 24.1 Å². The van der Waals surface area contributed by atoms with E-state index in [0.29, 0.717) is 12.2 Å². The maximum atomic E-state index is 11.8. The van der Waals surface area contributed by atoms with E-state index in [4.69, 9.17) is 0 Å². The van der Waals surface area contributed by atoms with Crippen molar-refractivity contribution in [1.29, 1.82) is 0 Å². The summed E-state index contributed by atoms with van der Waals surface area (Å²) in [6, 6.07) is 3.82. The lowest BCUT2D eigenvalue weighted by atomic mass is 10.1. The van der Waals surface area contributed by atoms with Crippen LogP contribution in [-0.2, 0) is 4.79 Å². The fourth-order valence-electron chi connectivity index (χ4n) is 2.41. The third-order valence-corrected chi connectivity index (χ3v) is 3.69. The van der Waals surface area contributed by atoms with Gasteiger partial charge in [-0.2, -0.15) is 0 Å². The number of rotatable bonds is 11. The molecule has 1 amide bonds. The Hall–Kier alpha value is -1.09. The van der Waals surface area contributed by atoms with Crippen LogP contribution in [0.4, 0.5) is 5.82 Å². The van der Waals surface area contributed by atoms with Crippen molar-refractivity contribution in [2.45, 2.75) is 78.1 Å². The van der Waals surface area contributed by atoms with Gasteiger partial charge in [-0.3, -0.25) is 4.79 Å². The topological polar surface area (TPSA) is 42.0 Å². The average Bonchev–Trinajstić information content (AvgIpc) is 2.45. The quantitative estimate of drug-likeness (QED) is 0.532. The van der Waals surface area contributed by atoms with Crippen molar-refractivity contribution in [3.8, 4) is 0 Å². The number of carbonyl (C=O) groups excluding carboxylic acids is 1. The van der Waals surface area contributed by atoms with Gasteiger partial charge in [-0.05, 0) is 31.0 Å². The molecule has 22 heavy (non-hydrogen) atoms. The first kappa shape index (κ1) is 20.9. The number of halogens is 1. The van der Waals surface area contributed by atoms with E-state index < -0.39 is 0 Å². The standard InChI is InChI=1S/C18H30N2O.ClH/c1-3-4-5-6-7-8-9-10-11-12-18(21)20-17-15-16(2)13-14-19-17;/h13-15H,3-12H2,1-2H3,(H,19,20,21);1H. The fourth-order valence-corrected chi connectivity index (χ4v) is 2.41. The predicted octanol–water partition coefficient (Wildman–Crippen LogP) is 5.67. The molecule has 0 spiro atoms. The van der Waals surface area contributed by atoms with E-state index in [1.165, 1.54) is 44.9 Å². The summed E-state index contributed by atoms with van der Waals surface area (Å²) in [6.45, 7) is 4.25. The molecule has 4 heteroatoms. The van der Waals surface area contributed by atoms with Crippen molar-refractivity contribution in [2.75, 3.05) is 5.32 Å². The maximum Gasteiger partial charge on any atom is 0.225 e. The molecule has 3 nitrogen and oxygen atoms in total. The van der Waals surface area contributed by atoms with Gasteiger partial charge in [-0.15, -0.1) is 12.4 Å². The van der Waals surface area contributed by atoms with Gasteiger partial charge < -0.3 is 5.32 Å². The van der Waals surface area contributed by atoms with E-state index in [1.54, 1.807) is 6.20 Å². The smallest absolute Gasteiger partial charge is 0.225 e. The van der Waals surface area contributed by atoms with E-state index in [9.17, 15) is 4.79 Å². The van der Waals surface area contributed by atoms with Crippen LogP contribution in [-0.4, -0.2) is 10.9 Å². The minimum atomic E-state index is 0. The molecule has 0 aliphatic rings. The Bertz CT molecular complexity index is 410. The van der Waals surface area contributed by atoms with E-state index in [1.807, 2.05) is 19.1 Å². The van der Waals surface area contributed by atoms with Crippen LogP contribution >= 0.6 is 12.4 Å². The third-order valence-electron chi connectivity index (χ3n) is 3.69. The minimum Gasteiger partial charge on any atom is -0.311 e. The number of nitrogens with zero attached hydrogens (tertiary/aromatic N) is 1. The Morgan fingerprint density at radius 2 is 1.64 bits per heavy atom. The molecule has 0 bridgehead atoms. The van der Waals surface area contributed by atoms with Crippen molar-refractivity contribution in [2.24, 2.45) is 0 Å². The lowest BCUT2D eigenvalue weighted by Gasteiger charge is -2.05. The molecule has 126 valence electrons. The zero-order valence-corrected chi connectivity index (χ0v) is 14.9. The number of hydrogen-bond donors (Lipinski definition) is 1. The Balaban J connectivity index is 0.00000441. The van der Waals surface area contributed by atoms with Gasteiger partial charge in [0.1, 0.15) is 5.82 Å². The van der Waals surface area contributed by atoms with Crippen molar-refractivity contribution < 1.29 is 4.79 Å². The number of hydrogen-bond acceptors (Lipinski definition) is 2. The highest BCUT2D eigenvalue weighted by Crippen LogP contribution is 2.11. The molecule has 1 heterocycles. The van der Waals surface area contributed by atoms with E-state index in [2.05, 4.69) is 17.2 Å². The van der Waals surface area contributed by atoms with Gasteiger partial charge in [0.2, 0.25) is 5.91 Å². The van der Waals surface area contributed by atoms with Crippen LogP contribution in [0.5, 0.6) is 0 Å². The molecule has 1 aromatic heterocycles. The highest BCUT2D eigenvalue weighted by atomic mass is 35.5. The number of amides is 1. The molecule has 1 aromatic rings. The number of aromatic nitrogens is 1. The van der Waals surface area contributed by atoms with Gasteiger partial charge in [-0.25, -0.2) is 4.98 Å². The van der Waals surface area contributed by atoms with Crippen molar-refractivity contribution in [1.82, 2.24) is 4.98 Å². The van der Waals surface area contributed by atoms with E-state index >= 15 is 0 Å². The lowest BCUT2D eigenvalue weighted by Crippen LogP contribution is -2.12. The highest BCUT2D eigenvalue weighted by Gasteiger charge is 2.03. The molecule has 0 atom stereocenters. The number of anilines is 1. The van der Waals surface area contributed by atoms with E-state index in [-0.39, 0.29) is 18.3 Å². The van der Waals surface area contributed by atoms with Crippen LogP contribution in [0.1, 0.15) is 76.7 Å². The van der Waals surface area contributed by atoms with Gasteiger partial charge in [0.25, 0.3) is 0 Å². The van der Waals surface area contributed by atoms with Crippen LogP contribution in [0.2, 0.25) is 0 Å². The van der Waals surface area contributed by atoms with Crippen LogP contribution in [0.3, 0.4) is 0 Å². The summed E-state index contributed by atoms with van der Waals surface area (Å²) >= 11 is 0. The zero-order chi connectivity index (χ0) is 15.3.